The lowest BCUT2D eigenvalue weighted by atomic mass is 10.2. The van der Waals surface area contributed by atoms with Crippen LogP contribution in [0.5, 0.6) is 0 Å². The van der Waals surface area contributed by atoms with Gasteiger partial charge in [-0.1, -0.05) is 0 Å². The highest BCUT2D eigenvalue weighted by atomic mass is 35.7. The summed E-state index contributed by atoms with van der Waals surface area (Å²) in [6.07, 6.45) is 1.10. The first-order chi connectivity index (χ1) is 9.10. The van der Waals surface area contributed by atoms with Crippen LogP contribution in [0, 0.1) is 0 Å². The lowest BCUT2D eigenvalue weighted by molar-refractivity contribution is 0.592. The molecule has 20 heavy (non-hydrogen) atoms. The Morgan fingerprint density at radius 2 is 1.60 bits per heavy atom. The Balaban J connectivity index is 2.51. The highest BCUT2D eigenvalue weighted by Crippen LogP contribution is 2.22. The van der Waals surface area contributed by atoms with Gasteiger partial charge in [-0.3, -0.25) is 4.57 Å². The molecule has 0 amide bonds. The topological polar surface area (TPSA) is 99.0 Å². The monoisotopic (exact) mass is 335 g/mol. The summed E-state index contributed by atoms with van der Waals surface area (Å²) in [6.45, 7) is 0. The van der Waals surface area contributed by atoms with Crippen molar-refractivity contribution in [2.24, 2.45) is 7.05 Å². The normalized spacial score (nSPS) is 12.6. The summed E-state index contributed by atoms with van der Waals surface area (Å²) in [4.78, 5) is 0.161. The largest absolute Gasteiger partial charge is 0.300 e. The van der Waals surface area contributed by atoms with Crippen molar-refractivity contribution in [1.29, 1.82) is 0 Å². The van der Waals surface area contributed by atoms with Crippen molar-refractivity contribution in [2.45, 2.75) is 10.1 Å². The first-order valence-electron chi connectivity index (χ1n) is 5.25. The smallest absolute Gasteiger partial charge is 0.296 e. The van der Waals surface area contributed by atoms with Crippen molar-refractivity contribution >= 4 is 29.6 Å². The summed E-state index contributed by atoms with van der Waals surface area (Å²) in [5, 5.41) is 6.88. The molecule has 0 bridgehead atoms. The van der Waals surface area contributed by atoms with E-state index in [1.807, 2.05) is 0 Å². The van der Waals surface area contributed by atoms with Crippen molar-refractivity contribution in [2.75, 3.05) is 6.26 Å². The molecule has 2 aromatic rings. The second-order valence-corrected chi connectivity index (χ2v) is 8.58. The zero-order valence-corrected chi connectivity index (χ0v) is 12.9. The summed E-state index contributed by atoms with van der Waals surface area (Å²) in [7, 11) is -0.603. The SMILES string of the molecule is Cn1c(-c2ccc(S(C)(=O)=O)cc2)nnc1S(=O)(=O)Cl. The van der Waals surface area contributed by atoms with E-state index in [4.69, 9.17) is 10.7 Å². The van der Waals surface area contributed by atoms with Crippen LogP contribution < -0.4 is 0 Å². The van der Waals surface area contributed by atoms with Crippen LogP contribution in [0.15, 0.2) is 34.3 Å². The van der Waals surface area contributed by atoms with Gasteiger partial charge in [0.15, 0.2) is 15.7 Å². The molecule has 1 aromatic heterocycles. The van der Waals surface area contributed by atoms with Crippen LogP contribution >= 0.6 is 10.7 Å². The Hall–Kier alpha value is -1.45. The van der Waals surface area contributed by atoms with Gasteiger partial charge in [0.1, 0.15) is 0 Å². The van der Waals surface area contributed by atoms with Gasteiger partial charge < -0.3 is 0 Å². The lowest BCUT2D eigenvalue weighted by Crippen LogP contribution is -2.03. The number of halogens is 1. The van der Waals surface area contributed by atoms with Gasteiger partial charge in [-0.15, -0.1) is 10.2 Å². The van der Waals surface area contributed by atoms with E-state index >= 15 is 0 Å². The minimum absolute atomic E-state index is 0.161. The van der Waals surface area contributed by atoms with E-state index in [1.165, 1.54) is 35.9 Å². The standard InChI is InChI=1S/C10H10ClN3O4S2/c1-14-9(12-13-10(14)20(11,17)18)7-3-5-8(6-4-7)19(2,15)16/h3-6H,1-2H3. The number of hydrogen-bond acceptors (Lipinski definition) is 6. The molecule has 0 unspecified atom stereocenters. The van der Waals surface area contributed by atoms with Gasteiger partial charge in [0.05, 0.1) is 4.90 Å². The molecule has 0 aliphatic heterocycles. The van der Waals surface area contributed by atoms with Crippen LogP contribution in [-0.4, -0.2) is 37.9 Å². The molecule has 0 spiro atoms. The van der Waals surface area contributed by atoms with Crippen LogP contribution in [-0.2, 0) is 25.9 Å². The molecule has 0 N–H and O–H groups in total. The van der Waals surface area contributed by atoms with Crippen LogP contribution in [0.25, 0.3) is 11.4 Å². The molecule has 10 heteroatoms. The van der Waals surface area contributed by atoms with Gasteiger partial charge >= 0.3 is 0 Å². The Morgan fingerprint density at radius 3 is 2.00 bits per heavy atom. The summed E-state index contributed by atoms with van der Waals surface area (Å²) in [5.74, 6) is 0.268. The van der Waals surface area contributed by atoms with E-state index in [-0.39, 0.29) is 15.9 Å². The van der Waals surface area contributed by atoms with E-state index in [9.17, 15) is 16.8 Å². The second kappa shape index (κ2) is 4.83. The molecular weight excluding hydrogens is 326 g/mol. The third kappa shape index (κ3) is 2.84. The number of benzene rings is 1. The molecule has 7 nitrogen and oxygen atoms in total. The van der Waals surface area contributed by atoms with Crippen molar-refractivity contribution in [3.63, 3.8) is 0 Å². The van der Waals surface area contributed by atoms with E-state index in [2.05, 4.69) is 10.2 Å². The minimum Gasteiger partial charge on any atom is -0.300 e. The maximum atomic E-state index is 11.4. The Bertz CT molecular complexity index is 854. The van der Waals surface area contributed by atoms with Crippen molar-refractivity contribution in [3.05, 3.63) is 24.3 Å². The van der Waals surface area contributed by atoms with Crippen LogP contribution in [0.4, 0.5) is 0 Å². The van der Waals surface area contributed by atoms with E-state index in [0.717, 1.165) is 6.26 Å². The highest BCUT2D eigenvalue weighted by Gasteiger charge is 2.21. The first-order valence-corrected chi connectivity index (χ1v) is 9.45. The number of sulfone groups is 1. The van der Waals surface area contributed by atoms with Gasteiger partial charge in [0.2, 0.25) is 0 Å². The maximum absolute atomic E-state index is 11.4. The van der Waals surface area contributed by atoms with Crippen molar-refractivity contribution in [1.82, 2.24) is 14.8 Å². The summed E-state index contributed by atoms with van der Waals surface area (Å²) >= 11 is 0. The molecule has 0 aliphatic carbocycles. The fourth-order valence-electron chi connectivity index (χ4n) is 1.63. The molecule has 1 aromatic carbocycles. The van der Waals surface area contributed by atoms with Gasteiger partial charge in [-0.25, -0.2) is 16.8 Å². The number of aromatic nitrogens is 3. The van der Waals surface area contributed by atoms with Crippen LogP contribution in [0.2, 0.25) is 0 Å². The van der Waals surface area contributed by atoms with Crippen LogP contribution in [0.3, 0.4) is 0 Å². The fourth-order valence-corrected chi connectivity index (χ4v) is 3.22. The summed E-state index contributed by atoms with van der Waals surface area (Å²) in [6, 6.07) is 5.86. The maximum Gasteiger partial charge on any atom is 0.296 e. The summed E-state index contributed by atoms with van der Waals surface area (Å²) in [5.41, 5.74) is 0.527. The third-order valence-corrected chi connectivity index (χ3v) is 4.93. The molecule has 1 heterocycles. The highest BCUT2D eigenvalue weighted by molar-refractivity contribution is 8.13. The lowest BCUT2D eigenvalue weighted by Gasteiger charge is -2.03. The first kappa shape index (κ1) is 14.9. The van der Waals surface area contributed by atoms with E-state index < -0.39 is 18.9 Å². The number of rotatable bonds is 3. The van der Waals surface area contributed by atoms with Gasteiger partial charge in [0, 0.05) is 29.5 Å². The number of hydrogen-bond donors (Lipinski definition) is 0. The molecule has 0 saturated carbocycles. The van der Waals surface area contributed by atoms with Gasteiger partial charge in [-0.2, -0.15) is 0 Å². The average Bonchev–Trinajstić information content (AvgIpc) is 2.70. The van der Waals surface area contributed by atoms with E-state index in [1.54, 1.807) is 0 Å². The third-order valence-electron chi connectivity index (χ3n) is 2.59. The molecule has 0 aliphatic rings. The Kier molecular flexibility index (Phi) is 3.61. The van der Waals surface area contributed by atoms with Crippen LogP contribution in [0.1, 0.15) is 0 Å². The average molecular weight is 336 g/mol. The second-order valence-electron chi connectivity index (χ2n) is 4.10. The molecule has 108 valence electrons. The molecule has 0 atom stereocenters. The van der Waals surface area contributed by atoms with E-state index in [0.29, 0.717) is 5.56 Å². The fraction of sp³-hybridized carbons (Fsp3) is 0.200. The molecule has 2 rings (SSSR count). The Labute approximate surface area is 120 Å². The number of nitrogens with zero attached hydrogens (tertiary/aromatic N) is 3. The quantitative estimate of drug-likeness (QED) is 0.770. The molecule has 0 fully saturated rings. The zero-order valence-electron chi connectivity index (χ0n) is 10.5. The van der Waals surface area contributed by atoms with Gasteiger partial charge in [0.25, 0.3) is 14.2 Å². The molecular formula is C10H10ClN3O4S2. The predicted octanol–water partition coefficient (Wildman–Crippen LogP) is 0.813. The molecule has 0 radical (unpaired) electrons. The Morgan fingerprint density at radius 1 is 1.05 bits per heavy atom. The van der Waals surface area contributed by atoms with Crippen molar-refractivity contribution < 1.29 is 16.8 Å². The minimum atomic E-state index is -3.99. The predicted molar refractivity (Wildman–Crippen MR) is 72.6 cm³/mol. The van der Waals surface area contributed by atoms with Crippen molar-refractivity contribution in [3.8, 4) is 11.4 Å². The molecule has 0 saturated heterocycles. The van der Waals surface area contributed by atoms with Gasteiger partial charge in [-0.05, 0) is 24.3 Å². The summed E-state index contributed by atoms with van der Waals surface area (Å²) < 4.78 is 46.4. The zero-order chi connectivity index (χ0) is 15.1.